The predicted molar refractivity (Wildman–Crippen MR) is 86.5 cm³/mol. The van der Waals surface area contributed by atoms with Gasteiger partial charge >= 0.3 is 0 Å². The van der Waals surface area contributed by atoms with E-state index in [1.54, 1.807) is 0 Å². The van der Waals surface area contributed by atoms with Gasteiger partial charge in [0.1, 0.15) is 5.75 Å². The lowest BCUT2D eigenvalue weighted by atomic mass is 10.1. The molecular weight excluding hydrogens is 264 g/mol. The van der Waals surface area contributed by atoms with E-state index >= 15 is 0 Å². The molecule has 118 valence electrons. The first-order valence-corrected chi connectivity index (χ1v) is 7.86. The molecule has 4 heteroatoms. The highest BCUT2D eigenvalue weighted by Crippen LogP contribution is 2.17. The van der Waals surface area contributed by atoms with Crippen molar-refractivity contribution in [1.29, 1.82) is 0 Å². The predicted octanol–water partition coefficient (Wildman–Crippen LogP) is 3.04. The van der Waals surface area contributed by atoms with Crippen molar-refractivity contribution >= 4 is 5.91 Å². The molecule has 1 rings (SSSR count). The number of ether oxygens (including phenoxy) is 1. The zero-order valence-electron chi connectivity index (χ0n) is 13.6. The van der Waals surface area contributed by atoms with Gasteiger partial charge in [0.25, 0.3) is 5.91 Å². The van der Waals surface area contributed by atoms with Crippen molar-refractivity contribution in [2.24, 2.45) is 0 Å². The summed E-state index contributed by atoms with van der Waals surface area (Å²) in [6.07, 6.45) is 1.89. The molecule has 4 nitrogen and oxygen atoms in total. The molecule has 0 aliphatic rings. The number of nitrogens with one attached hydrogen (secondary N) is 2. The molecule has 2 N–H and O–H groups in total. The monoisotopic (exact) mass is 292 g/mol. The van der Waals surface area contributed by atoms with E-state index in [9.17, 15) is 4.79 Å². The highest BCUT2D eigenvalue weighted by molar-refractivity contribution is 5.77. The Morgan fingerprint density at radius 1 is 1.14 bits per heavy atom. The summed E-state index contributed by atoms with van der Waals surface area (Å²) in [6, 6.07) is 8.44. The largest absolute Gasteiger partial charge is 0.484 e. The Labute approximate surface area is 128 Å². The SMILES string of the molecule is CCNC(C)c1ccc(OCC(=O)NC(CC)CC)cc1. The fourth-order valence-electron chi connectivity index (χ4n) is 2.19. The Bertz CT molecular complexity index is 413. The minimum atomic E-state index is -0.0613. The molecule has 0 aliphatic carbocycles. The van der Waals surface area contributed by atoms with Gasteiger partial charge in [-0.3, -0.25) is 4.79 Å². The lowest BCUT2D eigenvalue weighted by Crippen LogP contribution is -2.37. The van der Waals surface area contributed by atoms with E-state index in [0.717, 1.165) is 25.1 Å². The summed E-state index contributed by atoms with van der Waals surface area (Å²) in [4.78, 5) is 11.8. The lowest BCUT2D eigenvalue weighted by Gasteiger charge is -2.15. The fraction of sp³-hybridized carbons (Fsp3) is 0.588. The molecule has 0 saturated heterocycles. The van der Waals surface area contributed by atoms with Crippen LogP contribution in [0.3, 0.4) is 0 Å². The van der Waals surface area contributed by atoms with Crippen LogP contribution < -0.4 is 15.4 Å². The van der Waals surface area contributed by atoms with Gasteiger partial charge in [-0.05, 0) is 44.0 Å². The van der Waals surface area contributed by atoms with Gasteiger partial charge in [-0.1, -0.05) is 32.9 Å². The second kappa shape index (κ2) is 9.40. The first kappa shape index (κ1) is 17.5. The van der Waals surface area contributed by atoms with Crippen LogP contribution in [0.5, 0.6) is 5.75 Å². The van der Waals surface area contributed by atoms with Crippen LogP contribution in [-0.4, -0.2) is 25.1 Å². The van der Waals surface area contributed by atoms with Gasteiger partial charge in [-0.15, -0.1) is 0 Å². The Morgan fingerprint density at radius 2 is 1.76 bits per heavy atom. The second-order valence-corrected chi connectivity index (χ2v) is 5.22. The van der Waals surface area contributed by atoms with E-state index in [2.05, 4.69) is 38.3 Å². The van der Waals surface area contributed by atoms with Crippen LogP contribution >= 0.6 is 0 Å². The molecule has 1 atom stereocenters. The summed E-state index contributed by atoms with van der Waals surface area (Å²) in [6.45, 7) is 9.36. The van der Waals surface area contributed by atoms with Gasteiger partial charge in [0.15, 0.2) is 6.61 Å². The van der Waals surface area contributed by atoms with Gasteiger partial charge in [-0.25, -0.2) is 0 Å². The summed E-state index contributed by atoms with van der Waals surface area (Å²) < 4.78 is 5.52. The maximum absolute atomic E-state index is 11.8. The molecule has 1 amide bonds. The summed E-state index contributed by atoms with van der Waals surface area (Å²) in [5.41, 5.74) is 1.21. The molecule has 1 aromatic carbocycles. The van der Waals surface area contributed by atoms with E-state index in [4.69, 9.17) is 4.74 Å². The maximum Gasteiger partial charge on any atom is 0.258 e. The molecule has 0 aliphatic heterocycles. The Balaban J connectivity index is 2.43. The van der Waals surface area contributed by atoms with Gasteiger partial charge < -0.3 is 15.4 Å². The number of carbonyl (C=O) groups excluding carboxylic acids is 1. The maximum atomic E-state index is 11.8. The summed E-state index contributed by atoms with van der Waals surface area (Å²) >= 11 is 0. The first-order valence-electron chi connectivity index (χ1n) is 7.86. The first-order chi connectivity index (χ1) is 10.1. The topological polar surface area (TPSA) is 50.4 Å². The number of benzene rings is 1. The summed E-state index contributed by atoms with van der Waals surface area (Å²) in [5.74, 6) is 0.663. The second-order valence-electron chi connectivity index (χ2n) is 5.22. The van der Waals surface area contributed by atoms with Gasteiger partial charge in [-0.2, -0.15) is 0 Å². The van der Waals surface area contributed by atoms with E-state index < -0.39 is 0 Å². The van der Waals surface area contributed by atoms with E-state index in [1.807, 2.05) is 24.3 Å². The van der Waals surface area contributed by atoms with Crippen molar-refractivity contribution in [3.8, 4) is 5.75 Å². The normalized spacial score (nSPS) is 12.2. The van der Waals surface area contributed by atoms with Crippen LogP contribution in [0, 0.1) is 0 Å². The van der Waals surface area contributed by atoms with Crippen molar-refractivity contribution in [2.45, 2.75) is 52.6 Å². The molecule has 0 fully saturated rings. The zero-order valence-corrected chi connectivity index (χ0v) is 13.6. The number of rotatable bonds is 9. The Morgan fingerprint density at radius 3 is 2.29 bits per heavy atom. The van der Waals surface area contributed by atoms with Crippen molar-refractivity contribution in [2.75, 3.05) is 13.2 Å². The molecule has 0 saturated carbocycles. The number of hydrogen-bond acceptors (Lipinski definition) is 3. The van der Waals surface area contributed by atoms with Crippen molar-refractivity contribution < 1.29 is 9.53 Å². The smallest absolute Gasteiger partial charge is 0.258 e. The molecular formula is C17H28N2O2. The van der Waals surface area contributed by atoms with E-state index in [-0.39, 0.29) is 18.6 Å². The van der Waals surface area contributed by atoms with E-state index in [1.165, 1.54) is 5.56 Å². The third-order valence-electron chi connectivity index (χ3n) is 3.61. The number of hydrogen-bond donors (Lipinski definition) is 2. The Hall–Kier alpha value is -1.55. The van der Waals surface area contributed by atoms with Gasteiger partial charge in [0.05, 0.1) is 0 Å². The minimum absolute atomic E-state index is 0.0613. The number of amides is 1. The molecule has 0 heterocycles. The molecule has 1 unspecified atom stereocenters. The fourth-order valence-corrected chi connectivity index (χ4v) is 2.19. The summed E-state index contributed by atoms with van der Waals surface area (Å²) in [5, 5.41) is 6.32. The van der Waals surface area contributed by atoms with Gasteiger partial charge in [0, 0.05) is 12.1 Å². The third-order valence-corrected chi connectivity index (χ3v) is 3.61. The van der Waals surface area contributed by atoms with Crippen LogP contribution in [0.2, 0.25) is 0 Å². The highest BCUT2D eigenvalue weighted by Gasteiger charge is 2.09. The molecule has 1 aromatic rings. The van der Waals surface area contributed by atoms with Crippen LogP contribution in [0.1, 0.15) is 52.1 Å². The summed E-state index contributed by atoms with van der Waals surface area (Å²) in [7, 11) is 0. The third kappa shape index (κ3) is 6.17. The minimum Gasteiger partial charge on any atom is -0.484 e. The van der Waals surface area contributed by atoms with Crippen molar-refractivity contribution in [3.63, 3.8) is 0 Å². The average Bonchev–Trinajstić information content (AvgIpc) is 2.51. The van der Waals surface area contributed by atoms with Crippen LogP contribution in [0.25, 0.3) is 0 Å². The lowest BCUT2D eigenvalue weighted by molar-refractivity contribution is -0.123. The Kier molecular flexibility index (Phi) is 7.83. The van der Waals surface area contributed by atoms with Crippen LogP contribution in [0.15, 0.2) is 24.3 Å². The molecule has 21 heavy (non-hydrogen) atoms. The molecule has 0 spiro atoms. The highest BCUT2D eigenvalue weighted by atomic mass is 16.5. The quantitative estimate of drug-likeness (QED) is 0.735. The van der Waals surface area contributed by atoms with E-state index in [0.29, 0.717) is 6.04 Å². The van der Waals surface area contributed by atoms with Crippen LogP contribution in [-0.2, 0) is 4.79 Å². The van der Waals surface area contributed by atoms with Gasteiger partial charge in [0.2, 0.25) is 0 Å². The van der Waals surface area contributed by atoms with Crippen molar-refractivity contribution in [1.82, 2.24) is 10.6 Å². The zero-order chi connectivity index (χ0) is 15.7. The molecule has 0 radical (unpaired) electrons. The number of carbonyl (C=O) groups is 1. The molecule has 0 aromatic heterocycles. The molecule has 0 bridgehead atoms. The standard InChI is InChI=1S/C17H28N2O2/c1-5-15(6-2)19-17(20)12-21-16-10-8-14(9-11-16)13(4)18-7-3/h8-11,13,15,18H,5-7,12H2,1-4H3,(H,19,20). The van der Waals surface area contributed by atoms with Crippen LogP contribution in [0.4, 0.5) is 0 Å². The average molecular weight is 292 g/mol. The van der Waals surface area contributed by atoms with Crippen molar-refractivity contribution in [3.05, 3.63) is 29.8 Å².